The van der Waals surface area contributed by atoms with Gasteiger partial charge in [0, 0.05) is 16.8 Å². The molecule has 0 bridgehead atoms. The topological polar surface area (TPSA) is 38.3 Å². The molecule has 136 valence electrons. The standard InChI is InChI=1S/C23H20ClNO2/c1-17-2-4-18(5-3-17)8-15-23(26)25-21-11-13-22(14-12-21)27-16-19-6-9-20(24)10-7-19/h2-15H,16H2,1H3,(H,25,26)/b15-8+. The molecule has 3 rings (SSSR count). The van der Waals surface area contributed by atoms with Gasteiger partial charge < -0.3 is 10.1 Å². The summed E-state index contributed by atoms with van der Waals surface area (Å²) < 4.78 is 5.74. The van der Waals surface area contributed by atoms with Crippen LogP contribution >= 0.6 is 11.6 Å². The zero-order valence-corrected chi connectivity index (χ0v) is 15.7. The Hall–Kier alpha value is -3.04. The van der Waals surface area contributed by atoms with Crippen molar-refractivity contribution >= 4 is 29.3 Å². The first-order chi connectivity index (χ1) is 13.1. The van der Waals surface area contributed by atoms with Crippen molar-refractivity contribution in [2.75, 3.05) is 5.32 Å². The van der Waals surface area contributed by atoms with E-state index in [4.69, 9.17) is 16.3 Å². The van der Waals surface area contributed by atoms with Crippen LogP contribution in [0, 0.1) is 6.92 Å². The van der Waals surface area contributed by atoms with Gasteiger partial charge in [-0.05, 0) is 60.5 Å². The molecule has 0 radical (unpaired) electrons. The van der Waals surface area contributed by atoms with Crippen molar-refractivity contribution in [3.63, 3.8) is 0 Å². The van der Waals surface area contributed by atoms with Crippen LogP contribution in [0.2, 0.25) is 5.02 Å². The van der Waals surface area contributed by atoms with E-state index in [9.17, 15) is 4.79 Å². The molecule has 27 heavy (non-hydrogen) atoms. The highest BCUT2D eigenvalue weighted by Crippen LogP contribution is 2.18. The van der Waals surface area contributed by atoms with E-state index in [1.165, 1.54) is 11.6 Å². The summed E-state index contributed by atoms with van der Waals surface area (Å²) in [7, 11) is 0. The van der Waals surface area contributed by atoms with Crippen molar-refractivity contribution in [1.82, 2.24) is 0 Å². The highest BCUT2D eigenvalue weighted by molar-refractivity contribution is 6.30. The summed E-state index contributed by atoms with van der Waals surface area (Å²) in [5.74, 6) is 0.559. The normalized spacial score (nSPS) is 10.7. The maximum atomic E-state index is 12.0. The Labute approximate surface area is 164 Å². The van der Waals surface area contributed by atoms with Crippen molar-refractivity contribution in [2.45, 2.75) is 13.5 Å². The number of halogens is 1. The van der Waals surface area contributed by atoms with Crippen LogP contribution in [-0.4, -0.2) is 5.91 Å². The number of anilines is 1. The van der Waals surface area contributed by atoms with Crippen molar-refractivity contribution in [3.8, 4) is 5.75 Å². The minimum atomic E-state index is -0.176. The van der Waals surface area contributed by atoms with Crippen LogP contribution in [-0.2, 0) is 11.4 Å². The van der Waals surface area contributed by atoms with Crippen LogP contribution in [0.5, 0.6) is 5.75 Å². The summed E-state index contributed by atoms with van der Waals surface area (Å²) in [6.07, 6.45) is 3.31. The fraction of sp³-hybridized carbons (Fsp3) is 0.0870. The van der Waals surface area contributed by atoms with Gasteiger partial charge in [0.2, 0.25) is 5.91 Å². The molecule has 3 aromatic carbocycles. The van der Waals surface area contributed by atoms with E-state index >= 15 is 0 Å². The Balaban J connectivity index is 1.51. The zero-order chi connectivity index (χ0) is 19.1. The third-order valence-corrected chi connectivity index (χ3v) is 4.20. The monoisotopic (exact) mass is 377 g/mol. The molecule has 0 aliphatic carbocycles. The third kappa shape index (κ3) is 6.01. The summed E-state index contributed by atoms with van der Waals surface area (Å²) in [5, 5.41) is 3.54. The highest BCUT2D eigenvalue weighted by Gasteiger charge is 2.00. The van der Waals surface area contributed by atoms with E-state index in [1.807, 2.05) is 79.7 Å². The van der Waals surface area contributed by atoms with Crippen molar-refractivity contribution < 1.29 is 9.53 Å². The van der Waals surface area contributed by atoms with Crippen molar-refractivity contribution in [3.05, 3.63) is 101 Å². The minimum Gasteiger partial charge on any atom is -0.489 e. The van der Waals surface area contributed by atoms with Crippen LogP contribution in [0.4, 0.5) is 5.69 Å². The van der Waals surface area contributed by atoms with Gasteiger partial charge in [0.1, 0.15) is 12.4 Å². The van der Waals surface area contributed by atoms with E-state index in [0.717, 1.165) is 16.9 Å². The first kappa shape index (κ1) is 18.7. The summed E-state index contributed by atoms with van der Waals surface area (Å²) in [5.41, 5.74) is 3.93. The third-order valence-electron chi connectivity index (χ3n) is 3.95. The lowest BCUT2D eigenvalue weighted by molar-refractivity contribution is -0.111. The summed E-state index contributed by atoms with van der Waals surface area (Å²) in [6.45, 7) is 2.49. The molecule has 0 saturated carbocycles. The first-order valence-electron chi connectivity index (χ1n) is 8.61. The lowest BCUT2D eigenvalue weighted by Crippen LogP contribution is -2.07. The fourth-order valence-electron chi connectivity index (χ4n) is 2.42. The number of carbonyl (C=O) groups is 1. The number of rotatable bonds is 6. The number of ether oxygens (including phenoxy) is 1. The van der Waals surface area contributed by atoms with E-state index < -0.39 is 0 Å². The number of hydrogen-bond acceptors (Lipinski definition) is 2. The molecule has 3 nitrogen and oxygen atoms in total. The van der Waals surface area contributed by atoms with Crippen molar-refractivity contribution in [1.29, 1.82) is 0 Å². The fourth-order valence-corrected chi connectivity index (χ4v) is 2.54. The Bertz CT molecular complexity index is 914. The van der Waals surface area contributed by atoms with Crippen LogP contribution < -0.4 is 10.1 Å². The molecule has 0 saturated heterocycles. The summed E-state index contributed by atoms with van der Waals surface area (Å²) in [4.78, 5) is 12.0. The minimum absolute atomic E-state index is 0.176. The average Bonchev–Trinajstić information content (AvgIpc) is 2.68. The molecule has 0 spiro atoms. The molecule has 4 heteroatoms. The molecular formula is C23H20ClNO2. The number of carbonyl (C=O) groups excluding carboxylic acids is 1. The molecule has 0 fully saturated rings. The Kier molecular flexibility index (Phi) is 6.29. The lowest BCUT2D eigenvalue weighted by Gasteiger charge is -2.08. The average molecular weight is 378 g/mol. The highest BCUT2D eigenvalue weighted by atomic mass is 35.5. The SMILES string of the molecule is Cc1ccc(/C=C/C(=O)Nc2ccc(OCc3ccc(Cl)cc3)cc2)cc1. The van der Waals surface area contributed by atoms with E-state index in [0.29, 0.717) is 17.3 Å². The van der Waals surface area contributed by atoms with Gasteiger partial charge in [-0.1, -0.05) is 53.6 Å². The van der Waals surface area contributed by atoms with Gasteiger partial charge in [-0.3, -0.25) is 4.79 Å². The van der Waals surface area contributed by atoms with Crippen molar-refractivity contribution in [2.24, 2.45) is 0 Å². The quantitative estimate of drug-likeness (QED) is 0.545. The second kappa shape index (κ2) is 9.06. The van der Waals surface area contributed by atoms with E-state index in [1.54, 1.807) is 6.08 Å². The van der Waals surface area contributed by atoms with Gasteiger partial charge in [-0.25, -0.2) is 0 Å². The maximum absolute atomic E-state index is 12.0. The van der Waals surface area contributed by atoms with E-state index in [-0.39, 0.29) is 5.91 Å². The number of aryl methyl sites for hydroxylation is 1. The second-order valence-corrected chi connectivity index (χ2v) is 6.61. The smallest absolute Gasteiger partial charge is 0.248 e. The Morgan fingerprint density at radius 1 is 0.963 bits per heavy atom. The second-order valence-electron chi connectivity index (χ2n) is 6.17. The van der Waals surface area contributed by atoms with Crippen LogP contribution in [0.3, 0.4) is 0 Å². The summed E-state index contributed by atoms with van der Waals surface area (Å²) >= 11 is 5.87. The molecule has 1 amide bonds. The maximum Gasteiger partial charge on any atom is 0.248 e. The number of hydrogen-bond donors (Lipinski definition) is 1. The van der Waals surface area contributed by atoms with Gasteiger partial charge in [-0.2, -0.15) is 0 Å². The predicted octanol–water partition coefficient (Wildman–Crippen LogP) is 5.88. The van der Waals surface area contributed by atoms with Gasteiger partial charge in [0.25, 0.3) is 0 Å². The molecule has 0 aliphatic heterocycles. The molecule has 0 atom stereocenters. The molecule has 0 aliphatic rings. The van der Waals surface area contributed by atoms with Crippen LogP contribution in [0.15, 0.2) is 78.9 Å². The molecule has 3 aromatic rings. The van der Waals surface area contributed by atoms with Crippen LogP contribution in [0.25, 0.3) is 6.08 Å². The number of nitrogens with one attached hydrogen (secondary N) is 1. The lowest BCUT2D eigenvalue weighted by atomic mass is 10.1. The largest absolute Gasteiger partial charge is 0.489 e. The predicted molar refractivity (Wildman–Crippen MR) is 111 cm³/mol. The van der Waals surface area contributed by atoms with Gasteiger partial charge in [-0.15, -0.1) is 0 Å². The molecule has 0 unspecified atom stereocenters. The Morgan fingerprint density at radius 2 is 1.63 bits per heavy atom. The van der Waals surface area contributed by atoms with Gasteiger partial charge in [0.05, 0.1) is 0 Å². The molecule has 1 N–H and O–H groups in total. The number of benzene rings is 3. The first-order valence-corrected chi connectivity index (χ1v) is 8.99. The molecule has 0 heterocycles. The Morgan fingerprint density at radius 3 is 2.30 bits per heavy atom. The van der Waals surface area contributed by atoms with Gasteiger partial charge >= 0.3 is 0 Å². The van der Waals surface area contributed by atoms with Crippen LogP contribution in [0.1, 0.15) is 16.7 Å². The summed E-state index contributed by atoms with van der Waals surface area (Å²) in [6, 6.07) is 22.8. The van der Waals surface area contributed by atoms with Gasteiger partial charge in [0.15, 0.2) is 0 Å². The van der Waals surface area contributed by atoms with E-state index in [2.05, 4.69) is 5.32 Å². The molecular weight excluding hydrogens is 358 g/mol. The zero-order valence-electron chi connectivity index (χ0n) is 15.0. The molecule has 0 aromatic heterocycles. The number of amides is 1.